The van der Waals surface area contributed by atoms with E-state index in [0.29, 0.717) is 16.3 Å². The Bertz CT molecular complexity index is 458. The molecular weight excluding hydrogens is 268 g/mol. The molecule has 19 heavy (non-hydrogen) atoms. The summed E-state index contributed by atoms with van der Waals surface area (Å²) in [6.45, 7) is 5.38. The summed E-state index contributed by atoms with van der Waals surface area (Å²) < 4.78 is 5.13. The molecule has 0 aliphatic carbocycles. The standard InChI is InChI=1S/C13H19ClN2O3/c1-13(2,3)19-12(18)16-8-4-5-10(14)9(6-8)11(17)7-15/h4-6,11,17H,7,15H2,1-3H3,(H,16,18). The second kappa shape index (κ2) is 6.23. The van der Waals surface area contributed by atoms with E-state index in [0.717, 1.165) is 0 Å². The molecule has 0 fully saturated rings. The van der Waals surface area contributed by atoms with E-state index in [-0.39, 0.29) is 6.54 Å². The Morgan fingerprint density at radius 3 is 2.68 bits per heavy atom. The van der Waals surface area contributed by atoms with Crippen LogP contribution in [0.15, 0.2) is 18.2 Å². The molecule has 0 bridgehead atoms. The number of rotatable bonds is 3. The van der Waals surface area contributed by atoms with Crippen LogP contribution in [0.5, 0.6) is 0 Å². The molecular formula is C13H19ClN2O3. The average molecular weight is 287 g/mol. The molecule has 0 saturated heterocycles. The zero-order valence-corrected chi connectivity index (χ0v) is 12.0. The number of aliphatic hydroxyl groups excluding tert-OH is 1. The van der Waals surface area contributed by atoms with E-state index in [1.54, 1.807) is 39.0 Å². The van der Waals surface area contributed by atoms with Crippen LogP contribution in [0.1, 0.15) is 32.4 Å². The number of carbonyl (C=O) groups is 1. The zero-order valence-electron chi connectivity index (χ0n) is 11.2. The van der Waals surface area contributed by atoms with Crippen molar-refractivity contribution >= 4 is 23.4 Å². The van der Waals surface area contributed by atoms with Gasteiger partial charge in [-0.1, -0.05) is 11.6 Å². The molecule has 1 aromatic rings. The summed E-state index contributed by atoms with van der Waals surface area (Å²) in [5.74, 6) is 0. The minimum Gasteiger partial charge on any atom is -0.444 e. The van der Waals surface area contributed by atoms with E-state index in [1.807, 2.05) is 0 Å². The van der Waals surface area contributed by atoms with E-state index in [4.69, 9.17) is 22.1 Å². The lowest BCUT2D eigenvalue weighted by molar-refractivity contribution is 0.0636. The Labute approximate surface area is 117 Å². The highest BCUT2D eigenvalue weighted by molar-refractivity contribution is 6.31. The molecule has 0 aliphatic rings. The topological polar surface area (TPSA) is 84.6 Å². The minimum absolute atomic E-state index is 0.0512. The Kier molecular flexibility index (Phi) is 5.17. The first-order chi connectivity index (χ1) is 8.73. The summed E-state index contributed by atoms with van der Waals surface area (Å²) in [5.41, 5.74) is 5.77. The Morgan fingerprint density at radius 1 is 1.53 bits per heavy atom. The lowest BCUT2D eigenvalue weighted by atomic mass is 10.1. The Hall–Kier alpha value is -1.30. The van der Waals surface area contributed by atoms with E-state index in [1.165, 1.54) is 0 Å². The van der Waals surface area contributed by atoms with Gasteiger partial charge in [-0.2, -0.15) is 0 Å². The van der Waals surface area contributed by atoms with Gasteiger partial charge in [-0.15, -0.1) is 0 Å². The molecule has 0 aromatic heterocycles. The van der Waals surface area contributed by atoms with Gasteiger partial charge in [-0.25, -0.2) is 4.79 Å². The fourth-order valence-electron chi connectivity index (χ4n) is 1.43. The van der Waals surface area contributed by atoms with Crippen LogP contribution in [-0.2, 0) is 4.74 Å². The van der Waals surface area contributed by atoms with E-state index in [2.05, 4.69) is 5.32 Å². The maximum Gasteiger partial charge on any atom is 0.412 e. The first-order valence-electron chi connectivity index (χ1n) is 5.90. The third kappa shape index (κ3) is 5.06. The Balaban J connectivity index is 2.83. The van der Waals surface area contributed by atoms with Gasteiger partial charge in [0.2, 0.25) is 0 Å². The number of nitrogens with one attached hydrogen (secondary N) is 1. The average Bonchev–Trinajstić information content (AvgIpc) is 2.28. The van der Waals surface area contributed by atoms with Crippen LogP contribution in [0.3, 0.4) is 0 Å². The number of aliphatic hydroxyl groups is 1. The highest BCUT2D eigenvalue weighted by atomic mass is 35.5. The molecule has 6 heteroatoms. The molecule has 0 radical (unpaired) electrons. The van der Waals surface area contributed by atoms with Crippen molar-refractivity contribution in [2.75, 3.05) is 11.9 Å². The van der Waals surface area contributed by atoms with Crippen LogP contribution >= 0.6 is 11.6 Å². The molecule has 1 atom stereocenters. The number of benzene rings is 1. The highest BCUT2D eigenvalue weighted by Gasteiger charge is 2.17. The molecule has 106 valence electrons. The van der Waals surface area contributed by atoms with Gasteiger partial charge in [-0.3, -0.25) is 5.32 Å². The van der Waals surface area contributed by atoms with Crippen molar-refractivity contribution in [1.29, 1.82) is 0 Å². The van der Waals surface area contributed by atoms with Gasteiger partial charge in [0.05, 0.1) is 6.10 Å². The van der Waals surface area contributed by atoms with Crippen LogP contribution < -0.4 is 11.1 Å². The minimum atomic E-state index is -0.868. The number of carbonyl (C=O) groups excluding carboxylic acids is 1. The second-order valence-electron chi connectivity index (χ2n) is 5.11. The fraction of sp³-hybridized carbons (Fsp3) is 0.462. The number of amides is 1. The smallest absolute Gasteiger partial charge is 0.412 e. The lowest BCUT2D eigenvalue weighted by Gasteiger charge is -2.20. The third-order valence-electron chi connectivity index (χ3n) is 2.22. The predicted octanol–water partition coefficient (Wildman–Crippen LogP) is 2.68. The van der Waals surface area contributed by atoms with Crippen molar-refractivity contribution in [1.82, 2.24) is 0 Å². The molecule has 0 spiro atoms. The quantitative estimate of drug-likeness (QED) is 0.797. The van der Waals surface area contributed by atoms with Gasteiger partial charge >= 0.3 is 6.09 Å². The predicted molar refractivity (Wildman–Crippen MR) is 75.3 cm³/mol. The molecule has 0 heterocycles. The van der Waals surface area contributed by atoms with Gasteiger partial charge in [0.15, 0.2) is 0 Å². The maximum atomic E-state index is 11.6. The normalized spacial score (nSPS) is 12.9. The van der Waals surface area contributed by atoms with Crippen LogP contribution in [-0.4, -0.2) is 23.3 Å². The SMILES string of the molecule is CC(C)(C)OC(=O)Nc1ccc(Cl)c(C(O)CN)c1. The van der Waals surface area contributed by atoms with Crippen LogP contribution in [0.4, 0.5) is 10.5 Å². The van der Waals surface area contributed by atoms with E-state index in [9.17, 15) is 9.90 Å². The van der Waals surface area contributed by atoms with Gasteiger partial charge in [0.1, 0.15) is 5.60 Å². The number of anilines is 1. The summed E-state index contributed by atoms with van der Waals surface area (Å²) in [4.78, 5) is 11.6. The first-order valence-corrected chi connectivity index (χ1v) is 6.28. The van der Waals surface area contributed by atoms with Crippen LogP contribution in [0, 0.1) is 0 Å². The third-order valence-corrected chi connectivity index (χ3v) is 2.57. The van der Waals surface area contributed by atoms with Gasteiger partial charge in [0.25, 0.3) is 0 Å². The molecule has 0 saturated carbocycles. The molecule has 1 aromatic carbocycles. The largest absolute Gasteiger partial charge is 0.444 e. The number of hydrogen-bond donors (Lipinski definition) is 3. The van der Waals surface area contributed by atoms with Gasteiger partial charge in [0, 0.05) is 22.8 Å². The van der Waals surface area contributed by atoms with E-state index >= 15 is 0 Å². The molecule has 4 N–H and O–H groups in total. The summed E-state index contributed by atoms with van der Waals surface area (Å²) in [6, 6.07) is 4.78. The van der Waals surface area contributed by atoms with Crippen molar-refractivity contribution in [3.05, 3.63) is 28.8 Å². The number of ether oxygens (including phenoxy) is 1. The summed E-state index contributed by atoms with van der Waals surface area (Å²) in [7, 11) is 0. The first kappa shape index (κ1) is 15.8. The second-order valence-corrected chi connectivity index (χ2v) is 5.52. The highest BCUT2D eigenvalue weighted by Crippen LogP contribution is 2.26. The molecule has 1 unspecified atom stereocenters. The van der Waals surface area contributed by atoms with Crippen molar-refractivity contribution in [2.45, 2.75) is 32.5 Å². The van der Waals surface area contributed by atoms with Gasteiger partial charge in [-0.05, 0) is 39.0 Å². The lowest BCUT2D eigenvalue weighted by Crippen LogP contribution is -2.27. The molecule has 0 aliphatic heterocycles. The van der Waals surface area contributed by atoms with Crippen LogP contribution in [0.2, 0.25) is 5.02 Å². The number of halogens is 1. The maximum absolute atomic E-state index is 11.6. The summed E-state index contributed by atoms with van der Waals surface area (Å²) in [6.07, 6.45) is -1.43. The molecule has 1 rings (SSSR count). The fourth-order valence-corrected chi connectivity index (χ4v) is 1.67. The summed E-state index contributed by atoms with van der Waals surface area (Å²) >= 11 is 5.95. The molecule has 5 nitrogen and oxygen atoms in total. The van der Waals surface area contributed by atoms with E-state index < -0.39 is 17.8 Å². The van der Waals surface area contributed by atoms with Crippen molar-refractivity contribution in [3.8, 4) is 0 Å². The van der Waals surface area contributed by atoms with Crippen LogP contribution in [0.25, 0.3) is 0 Å². The number of hydrogen-bond acceptors (Lipinski definition) is 4. The number of nitrogens with two attached hydrogens (primary N) is 1. The van der Waals surface area contributed by atoms with Gasteiger partial charge < -0.3 is 15.6 Å². The van der Waals surface area contributed by atoms with Crippen molar-refractivity contribution in [2.24, 2.45) is 5.73 Å². The summed E-state index contributed by atoms with van der Waals surface area (Å²) in [5, 5.41) is 12.7. The Morgan fingerprint density at radius 2 is 2.16 bits per heavy atom. The zero-order chi connectivity index (χ0) is 14.6. The van der Waals surface area contributed by atoms with Crippen molar-refractivity contribution < 1.29 is 14.6 Å². The van der Waals surface area contributed by atoms with Crippen molar-refractivity contribution in [3.63, 3.8) is 0 Å². The molecule has 1 amide bonds. The monoisotopic (exact) mass is 286 g/mol.